The average molecular weight is 284 g/mol. The highest BCUT2D eigenvalue weighted by molar-refractivity contribution is 5.02. The average Bonchev–Trinajstić information content (AvgIpc) is 2.83. The number of aromatic amines is 1. The highest BCUT2D eigenvalue weighted by atomic mass is 16.6. The fraction of sp³-hybridized carbons (Fsp3) is 0.692. The summed E-state index contributed by atoms with van der Waals surface area (Å²) < 4.78 is 12.6. The Labute approximate surface area is 116 Å². The topological polar surface area (TPSA) is 93.6 Å². The van der Waals surface area contributed by atoms with E-state index in [4.69, 9.17) is 9.47 Å². The van der Waals surface area contributed by atoms with Crippen molar-refractivity contribution >= 4 is 0 Å². The van der Waals surface area contributed by atoms with Crippen LogP contribution in [0.3, 0.4) is 0 Å². The molecule has 0 aliphatic carbocycles. The lowest BCUT2D eigenvalue weighted by atomic mass is 10.2. The number of nitrogens with one attached hydrogen (secondary N) is 1. The van der Waals surface area contributed by atoms with Crippen LogP contribution in [0.2, 0.25) is 0 Å². The molecule has 0 amide bonds. The molecule has 0 radical (unpaired) electrons. The van der Waals surface area contributed by atoms with Gasteiger partial charge in [-0.3, -0.25) is 14.3 Å². The highest BCUT2D eigenvalue weighted by Crippen LogP contribution is 2.29. The van der Waals surface area contributed by atoms with Gasteiger partial charge in [-0.25, -0.2) is 4.79 Å². The minimum absolute atomic E-state index is 0.165. The zero-order valence-electron chi connectivity index (χ0n) is 11.7. The molecule has 2 rings (SSSR count). The number of nitrogens with zero attached hydrogens (tertiary/aromatic N) is 1. The van der Waals surface area contributed by atoms with Crippen LogP contribution in [0, 0.1) is 6.92 Å². The molecule has 1 aliphatic heterocycles. The molecular formula is C13H20N2O5. The van der Waals surface area contributed by atoms with Crippen LogP contribution in [-0.4, -0.2) is 40.1 Å². The molecule has 2 N–H and O–H groups in total. The Morgan fingerprint density at radius 2 is 2.30 bits per heavy atom. The van der Waals surface area contributed by atoms with Gasteiger partial charge in [0.2, 0.25) is 0 Å². The van der Waals surface area contributed by atoms with Crippen LogP contribution < -0.4 is 11.2 Å². The van der Waals surface area contributed by atoms with Crippen molar-refractivity contribution in [2.45, 2.75) is 45.1 Å². The van der Waals surface area contributed by atoms with Crippen molar-refractivity contribution in [2.75, 3.05) is 13.2 Å². The monoisotopic (exact) mass is 284 g/mol. The van der Waals surface area contributed by atoms with E-state index in [0.29, 0.717) is 18.6 Å². The first-order chi connectivity index (χ1) is 9.56. The molecule has 0 unspecified atom stereocenters. The third kappa shape index (κ3) is 3.00. The van der Waals surface area contributed by atoms with E-state index in [9.17, 15) is 14.7 Å². The lowest BCUT2D eigenvalue weighted by molar-refractivity contribution is -0.0621. The van der Waals surface area contributed by atoms with Crippen molar-refractivity contribution in [1.82, 2.24) is 9.55 Å². The molecule has 7 heteroatoms. The Hall–Kier alpha value is -1.44. The van der Waals surface area contributed by atoms with Gasteiger partial charge in [-0.2, -0.15) is 0 Å². The van der Waals surface area contributed by atoms with E-state index in [1.54, 1.807) is 6.92 Å². The number of aliphatic hydroxyl groups is 1. The van der Waals surface area contributed by atoms with Crippen molar-refractivity contribution in [1.29, 1.82) is 0 Å². The van der Waals surface area contributed by atoms with E-state index in [1.165, 1.54) is 10.8 Å². The van der Waals surface area contributed by atoms with E-state index in [2.05, 4.69) is 4.98 Å². The maximum absolute atomic E-state index is 11.8. The largest absolute Gasteiger partial charge is 0.394 e. The van der Waals surface area contributed by atoms with Gasteiger partial charge in [0, 0.05) is 24.8 Å². The highest BCUT2D eigenvalue weighted by Gasteiger charge is 2.36. The Morgan fingerprint density at radius 3 is 2.95 bits per heavy atom. The summed E-state index contributed by atoms with van der Waals surface area (Å²) in [5.74, 6) is 0. The number of hydrogen-bond acceptors (Lipinski definition) is 5. The Balaban J connectivity index is 2.20. The van der Waals surface area contributed by atoms with Gasteiger partial charge in [0.15, 0.2) is 0 Å². The molecular weight excluding hydrogens is 264 g/mol. The van der Waals surface area contributed by atoms with Crippen molar-refractivity contribution in [3.63, 3.8) is 0 Å². The van der Waals surface area contributed by atoms with Crippen molar-refractivity contribution < 1.29 is 14.6 Å². The second-order valence-electron chi connectivity index (χ2n) is 4.94. The van der Waals surface area contributed by atoms with Crippen LogP contribution in [0.5, 0.6) is 0 Å². The molecule has 1 aliphatic rings. The fourth-order valence-corrected chi connectivity index (χ4v) is 2.28. The lowest BCUT2D eigenvalue weighted by Gasteiger charge is -2.16. The van der Waals surface area contributed by atoms with E-state index in [0.717, 1.165) is 6.42 Å². The minimum Gasteiger partial charge on any atom is -0.394 e. The molecule has 0 spiro atoms. The summed E-state index contributed by atoms with van der Waals surface area (Å²) >= 11 is 0. The Kier molecular flexibility index (Phi) is 4.74. The van der Waals surface area contributed by atoms with Gasteiger partial charge < -0.3 is 14.6 Å². The van der Waals surface area contributed by atoms with Crippen LogP contribution in [-0.2, 0) is 9.47 Å². The van der Waals surface area contributed by atoms with E-state index < -0.39 is 23.6 Å². The SMILES string of the molecule is CCCO[C@H]1C[C@H](n2cc(C)c(=O)[nH]c2=O)O[C@@H]1CO. The van der Waals surface area contributed by atoms with Gasteiger partial charge in [-0.15, -0.1) is 0 Å². The molecule has 1 fully saturated rings. The van der Waals surface area contributed by atoms with Gasteiger partial charge in [0.1, 0.15) is 12.3 Å². The third-order valence-corrected chi connectivity index (χ3v) is 3.35. The fourth-order valence-electron chi connectivity index (χ4n) is 2.28. The van der Waals surface area contributed by atoms with Crippen LogP contribution in [0.15, 0.2) is 15.8 Å². The van der Waals surface area contributed by atoms with Crippen molar-refractivity contribution in [2.24, 2.45) is 0 Å². The van der Waals surface area contributed by atoms with E-state index >= 15 is 0 Å². The first-order valence-electron chi connectivity index (χ1n) is 6.76. The number of aliphatic hydroxyl groups excluding tert-OH is 1. The summed E-state index contributed by atoms with van der Waals surface area (Å²) in [7, 11) is 0. The van der Waals surface area contributed by atoms with Gasteiger partial charge in [-0.05, 0) is 13.3 Å². The molecule has 1 aromatic rings. The number of aromatic nitrogens is 2. The minimum atomic E-state index is -0.531. The van der Waals surface area contributed by atoms with Crippen molar-refractivity contribution in [3.05, 3.63) is 32.6 Å². The summed E-state index contributed by atoms with van der Waals surface area (Å²) in [5, 5.41) is 9.32. The number of aryl methyl sites for hydroxylation is 1. The maximum atomic E-state index is 11.8. The Bertz CT molecular complexity index is 565. The number of hydrogen-bond donors (Lipinski definition) is 2. The summed E-state index contributed by atoms with van der Waals surface area (Å²) in [6.45, 7) is 4.04. The predicted octanol–water partition coefficient (Wildman–Crippen LogP) is -0.0800. The molecule has 7 nitrogen and oxygen atoms in total. The molecule has 1 aromatic heterocycles. The summed E-state index contributed by atoms with van der Waals surface area (Å²) in [6.07, 6.45) is 1.59. The standard InChI is InChI=1S/C13H20N2O5/c1-3-4-19-9-5-11(20-10(9)7-16)15-6-8(2)12(17)14-13(15)18/h6,9-11,16H,3-5,7H2,1-2H3,(H,14,17,18)/t9-,10+,11+/m0/s1. The smallest absolute Gasteiger partial charge is 0.330 e. The predicted molar refractivity (Wildman–Crippen MR) is 71.7 cm³/mol. The van der Waals surface area contributed by atoms with Gasteiger partial charge in [0.05, 0.1) is 12.7 Å². The molecule has 0 bridgehead atoms. The van der Waals surface area contributed by atoms with E-state index in [-0.39, 0.29) is 12.7 Å². The maximum Gasteiger partial charge on any atom is 0.330 e. The third-order valence-electron chi connectivity index (χ3n) is 3.35. The number of H-pyrrole nitrogens is 1. The molecule has 20 heavy (non-hydrogen) atoms. The molecule has 0 aromatic carbocycles. The summed E-state index contributed by atoms with van der Waals surface area (Å²) in [5.41, 5.74) is -0.480. The quantitative estimate of drug-likeness (QED) is 0.789. The first-order valence-corrected chi connectivity index (χ1v) is 6.76. The van der Waals surface area contributed by atoms with Crippen molar-refractivity contribution in [3.8, 4) is 0 Å². The van der Waals surface area contributed by atoms with Crippen LogP contribution >= 0.6 is 0 Å². The molecule has 2 heterocycles. The van der Waals surface area contributed by atoms with Crippen LogP contribution in [0.1, 0.15) is 31.6 Å². The molecule has 0 saturated carbocycles. The zero-order chi connectivity index (χ0) is 14.7. The van der Waals surface area contributed by atoms with Crippen LogP contribution in [0.4, 0.5) is 0 Å². The zero-order valence-corrected chi connectivity index (χ0v) is 11.7. The molecule has 112 valence electrons. The lowest BCUT2D eigenvalue weighted by Crippen LogP contribution is -2.33. The van der Waals surface area contributed by atoms with E-state index in [1.807, 2.05) is 6.92 Å². The second-order valence-corrected chi connectivity index (χ2v) is 4.94. The summed E-state index contributed by atoms with van der Waals surface area (Å²) in [6, 6.07) is 0. The summed E-state index contributed by atoms with van der Waals surface area (Å²) in [4.78, 5) is 25.4. The first kappa shape index (κ1) is 15.0. The number of rotatable bonds is 5. The Morgan fingerprint density at radius 1 is 1.55 bits per heavy atom. The molecule has 3 atom stereocenters. The van der Waals surface area contributed by atoms with Gasteiger partial charge >= 0.3 is 5.69 Å². The molecule has 1 saturated heterocycles. The van der Waals surface area contributed by atoms with Gasteiger partial charge in [-0.1, -0.05) is 6.92 Å². The van der Waals surface area contributed by atoms with Crippen LogP contribution in [0.25, 0.3) is 0 Å². The normalized spacial score (nSPS) is 26.1. The number of ether oxygens (including phenoxy) is 2. The van der Waals surface area contributed by atoms with Gasteiger partial charge in [0.25, 0.3) is 5.56 Å². The second kappa shape index (κ2) is 6.34.